The summed E-state index contributed by atoms with van der Waals surface area (Å²) in [5.41, 5.74) is 1.43. The summed E-state index contributed by atoms with van der Waals surface area (Å²) in [6, 6.07) is 16.7. The van der Waals surface area contributed by atoms with Gasteiger partial charge in [-0.15, -0.1) is 0 Å². The normalized spacial score (nSPS) is 11.2. The van der Waals surface area contributed by atoms with Crippen molar-refractivity contribution in [2.24, 2.45) is 0 Å². The molecule has 0 heterocycles. The zero-order valence-corrected chi connectivity index (χ0v) is 19.9. The highest BCUT2D eigenvalue weighted by atomic mass is 35.5. The van der Waals surface area contributed by atoms with E-state index in [1.807, 2.05) is 0 Å². The molecule has 0 saturated heterocycles. The molecular weight excluding hydrogens is 490 g/mol. The number of anilines is 1. The molecule has 0 unspecified atom stereocenters. The number of benzene rings is 3. The number of hydrogen-bond donors (Lipinski definition) is 1. The number of amides is 1. The summed E-state index contributed by atoms with van der Waals surface area (Å²) in [7, 11) is -3.61. The predicted octanol–water partition coefficient (Wildman–Crippen LogP) is 4.91. The zero-order chi connectivity index (χ0) is 24.0. The van der Waals surface area contributed by atoms with Gasteiger partial charge in [-0.1, -0.05) is 35.3 Å². The molecule has 0 fully saturated rings. The standard InChI is InChI=1S/C23H21Cl2FN2O4S/c1-33(30,31)28(21-13-18(24)12-19(25)14-21)15-16-2-4-17(5-3-16)23(29)27-10-11-32-22-8-6-20(26)7-9-22/h2-9,12-14H,10-11,15H2,1H3,(H,27,29). The highest BCUT2D eigenvalue weighted by Gasteiger charge is 2.19. The molecule has 3 aromatic carbocycles. The molecule has 1 amide bonds. The minimum absolute atomic E-state index is 0.0446. The van der Waals surface area contributed by atoms with Gasteiger partial charge < -0.3 is 10.1 Å². The van der Waals surface area contributed by atoms with E-state index in [1.54, 1.807) is 24.3 Å². The molecule has 0 aliphatic rings. The van der Waals surface area contributed by atoms with Crippen LogP contribution in [0.1, 0.15) is 15.9 Å². The Hall–Kier alpha value is -2.81. The van der Waals surface area contributed by atoms with Crippen LogP contribution in [-0.2, 0) is 16.6 Å². The number of carbonyl (C=O) groups is 1. The van der Waals surface area contributed by atoms with Crippen molar-refractivity contribution in [3.63, 3.8) is 0 Å². The number of nitrogens with zero attached hydrogens (tertiary/aromatic N) is 1. The first-order valence-corrected chi connectivity index (χ1v) is 12.4. The van der Waals surface area contributed by atoms with Crippen LogP contribution in [0.3, 0.4) is 0 Å². The number of hydrogen-bond acceptors (Lipinski definition) is 4. The Labute approximate surface area is 201 Å². The number of nitrogens with one attached hydrogen (secondary N) is 1. The average Bonchev–Trinajstić information content (AvgIpc) is 2.75. The Balaban J connectivity index is 1.59. The van der Waals surface area contributed by atoms with Crippen molar-refractivity contribution in [1.82, 2.24) is 5.32 Å². The van der Waals surface area contributed by atoms with Crippen LogP contribution in [0.5, 0.6) is 5.75 Å². The summed E-state index contributed by atoms with van der Waals surface area (Å²) >= 11 is 12.0. The minimum Gasteiger partial charge on any atom is -0.492 e. The lowest BCUT2D eigenvalue weighted by atomic mass is 10.1. The van der Waals surface area contributed by atoms with Crippen molar-refractivity contribution >= 4 is 44.8 Å². The van der Waals surface area contributed by atoms with Crippen molar-refractivity contribution in [3.05, 3.63) is 93.7 Å². The third kappa shape index (κ3) is 7.35. The highest BCUT2D eigenvalue weighted by molar-refractivity contribution is 7.92. The Morgan fingerprint density at radius 3 is 2.18 bits per heavy atom. The number of halogens is 3. The fraction of sp³-hybridized carbons (Fsp3) is 0.174. The number of sulfonamides is 1. The molecule has 3 rings (SSSR count). The van der Waals surface area contributed by atoms with Crippen molar-refractivity contribution in [2.75, 3.05) is 23.7 Å². The predicted molar refractivity (Wildman–Crippen MR) is 128 cm³/mol. The average molecular weight is 511 g/mol. The van der Waals surface area contributed by atoms with E-state index in [4.69, 9.17) is 27.9 Å². The molecule has 10 heteroatoms. The van der Waals surface area contributed by atoms with Crippen LogP contribution in [0.15, 0.2) is 66.7 Å². The number of carbonyl (C=O) groups excluding carboxylic acids is 1. The smallest absolute Gasteiger partial charge is 0.251 e. The molecule has 0 radical (unpaired) electrons. The van der Waals surface area contributed by atoms with Gasteiger partial charge in [0.15, 0.2) is 0 Å². The fourth-order valence-electron chi connectivity index (χ4n) is 2.98. The molecular formula is C23H21Cl2FN2O4S. The molecule has 0 saturated carbocycles. The third-order valence-electron chi connectivity index (χ3n) is 4.55. The topological polar surface area (TPSA) is 75.7 Å². The first kappa shape index (κ1) is 24.8. The summed E-state index contributed by atoms with van der Waals surface area (Å²) in [6.45, 7) is 0.527. The largest absolute Gasteiger partial charge is 0.492 e. The monoisotopic (exact) mass is 510 g/mol. The van der Waals surface area contributed by atoms with E-state index in [9.17, 15) is 17.6 Å². The van der Waals surface area contributed by atoms with Gasteiger partial charge in [0.05, 0.1) is 25.0 Å². The second kappa shape index (κ2) is 10.9. The van der Waals surface area contributed by atoms with E-state index in [0.717, 1.165) is 6.26 Å². The molecule has 33 heavy (non-hydrogen) atoms. The maximum Gasteiger partial charge on any atom is 0.251 e. The third-order valence-corrected chi connectivity index (χ3v) is 6.12. The van der Waals surface area contributed by atoms with Gasteiger partial charge in [0.25, 0.3) is 5.91 Å². The highest BCUT2D eigenvalue weighted by Crippen LogP contribution is 2.28. The zero-order valence-electron chi connectivity index (χ0n) is 17.6. The van der Waals surface area contributed by atoms with Gasteiger partial charge in [0, 0.05) is 15.6 Å². The first-order chi connectivity index (χ1) is 15.6. The number of ether oxygens (including phenoxy) is 1. The second-order valence-electron chi connectivity index (χ2n) is 7.15. The van der Waals surface area contributed by atoms with Gasteiger partial charge in [-0.2, -0.15) is 0 Å². The first-order valence-electron chi connectivity index (χ1n) is 9.81. The van der Waals surface area contributed by atoms with Crippen molar-refractivity contribution in [1.29, 1.82) is 0 Å². The summed E-state index contributed by atoms with van der Waals surface area (Å²) < 4.78 is 44.2. The van der Waals surface area contributed by atoms with Crippen molar-refractivity contribution < 1.29 is 22.3 Å². The van der Waals surface area contributed by atoms with E-state index in [-0.39, 0.29) is 31.4 Å². The molecule has 0 spiro atoms. The fourth-order valence-corrected chi connectivity index (χ4v) is 4.36. The second-order valence-corrected chi connectivity index (χ2v) is 9.93. The van der Waals surface area contributed by atoms with Gasteiger partial charge in [0.2, 0.25) is 10.0 Å². The quantitative estimate of drug-likeness (QED) is 0.415. The SMILES string of the molecule is CS(=O)(=O)N(Cc1ccc(C(=O)NCCOc2ccc(F)cc2)cc1)c1cc(Cl)cc(Cl)c1. The molecule has 0 aliphatic carbocycles. The van der Waals surface area contributed by atoms with Crippen molar-refractivity contribution in [3.8, 4) is 5.75 Å². The van der Waals surface area contributed by atoms with Gasteiger partial charge in [0.1, 0.15) is 18.2 Å². The molecule has 0 atom stereocenters. The van der Waals surface area contributed by atoms with Gasteiger partial charge in [-0.05, 0) is 60.2 Å². The summed E-state index contributed by atoms with van der Waals surface area (Å²) in [5.74, 6) is -0.146. The molecule has 174 valence electrons. The van der Waals surface area contributed by atoms with E-state index in [2.05, 4.69) is 5.32 Å². The lowest BCUT2D eigenvalue weighted by molar-refractivity contribution is 0.0947. The summed E-state index contributed by atoms with van der Waals surface area (Å²) in [6.07, 6.45) is 1.09. The van der Waals surface area contributed by atoms with Gasteiger partial charge in [-0.3, -0.25) is 9.10 Å². The minimum atomic E-state index is -3.61. The summed E-state index contributed by atoms with van der Waals surface area (Å²) in [4.78, 5) is 12.3. The lowest BCUT2D eigenvalue weighted by Gasteiger charge is -2.23. The van der Waals surface area contributed by atoms with Gasteiger partial charge >= 0.3 is 0 Å². The maximum atomic E-state index is 12.9. The van der Waals surface area contributed by atoms with Crippen LogP contribution < -0.4 is 14.4 Å². The Kier molecular flexibility index (Phi) is 8.18. The van der Waals surface area contributed by atoms with E-state index in [1.165, 1.54) is 46.8 Å². The van der Waals surface area contributed by atoms with Crippen LogP contribution in [-0.4, -0.2) is 33.7 Å². The molecule has 1 N–H and O–H groups in total. The Morgan fingerprint density at radius 2 is 1.61 bits per heavy atom. The van der Waals surface area contributed by atoms with E-state index >= 15 is 0 Å². The lowest BCUT2D eigenvalue weighted by Crippen LogP contribution is -2.29. The summed E-state index contributed by atoms with van der Waals surface area (Å²) in [5, 5.41) is 3.37. The van der Waals surface area contributed by atoms with Gasteiger partial charge in [-0.25, -0.2) is 12.8 Å². The Morgan fingerprint density at radius 1 is 1.00 bits per heavy atom. The van der Waals surface area contributed by atoms with Crippen LogP contribution >= 0.6 is 23.2 Å². The van der Waals surface area contributed by atoms with Crippen LogP contribution in [0.25, 0.3) is 0 Å². The Bertz CT molecular complexity index is 1200. The van der Waals surface area contributed by atoms with E-state index < -0.39 is 10.0 Å². The van der Waals surface area contributed by atoms with Crippen LogP contribution in [0, 0.1) is 5.82 Å². The maximum absolute atomic E-state index is 12.9. The van der Waals surface area contributed by atoms with Crippen LogP contribution in [0.4, 0.5) is 10.1 Å². The molecule has 3 aromatic rings. The molecule has 0 aliphatic heterocycles. The van der Waals surface area contributed by atoms with E-state index in [0.29, 0.717) is 32.6 Å². The van der Waals surface area contributed by atoms with Crippen molar-refractivity contribution in [2.45, 2.75) is 6.54 Å². The molecule has 6 nitrogen and oxygen atoms in total. The number of rotatable bonds is 9. The molecule has 0 aromatic heterocycles. The molecule has 0 bridgehead atoms. The van der Waals surface area contributed by atoms with Crippen LogP contribution in [0.2, 0.25) is 10.0 Å².